The highest BCUT2D eigenvalue weighted by molar-refractivity contribution is 5.93. The second kappa shape index (κ2) is 10.0. The highest BCUT2D eigenvalue weighted by Crippen LogP contribution is 2.13. The molecule has 1 N–H and O–H groups in total. The van der Waals surface area contributed by atoms with Crippen molar-refractivity contribution in [1.29, 1.82) is 0 Å². The van der Waals surface area contributed by atoms with E-state index in [1.165, 1.54) is 20.3 Å². The van der Waals surface area contributed by atoms with E-state index >= 15 is 0 Å². The third-order valence-electron chi connectivity index (χ3n) is 4.80. The SMILES string of the molecule is COC(=O)c1ccc(NC(=O)Cn2cc(OC)c(=O)cc2CN2CCOCC2)cc1. The summed E-state index contributed by atoms with van der Waals surface area (Å²) in [6.45, 7) is 3.35. The maximum absolute atomic E-state index is 12.6. The number of ether oxygens (including phenoxy) is 3. The topological polar surface area (TPSA) is 99.1 Å². The molecule has 3 rings (SSSR count). The summed E-state index contributed by atoms with van der Waals surface area (Å²) < 4.78 is 16.9. The van der Waals surface area contributed by atoms with Gasteiger partial charge in [-0.05, 0) is 24.3 Å². The van der Waals surface area contributed by atoms with Gasteiger partial charge in [-0.25, -0.2) is 4.79 Å². The summed E-state index contributed by atoms with van der Waals surface area (Å²) in [6.07, 6.45) is 1.55. The number of anilines is 1. The van der Waals surface area contributed by atoms with E-state index in [4.69, 9.17) is 9.47 Å². The van der Waals surface area contributed by atoms with E-state index in [1.807, 2.05) is 0 Å². The van der Waals surface area contributed by atoms with Crippen molar-refractivity contribution in [2.45, 2.75) is 13.1 Å². The number of hydrogen-bond donors (Lipinski definition) is 1. The Kier molecular flexibility index (Phi) is 7.21. The average Bonchev–Trinajstić information content (AvgIpc) is 2.76. The van der Waals surface area contributed by atoms with Crippen molar-refractivity contribution in [2.24, 2.45) is 0 Å². The Morgan fingerprint density at radius 3 is 2.47 bits per heavy atom. The number of morpholine rings is 1. The molecule has 1 aliphatic heterocycles. The molecule has 0 aliphatic carbocycles. The summed E-state index contributed by atoms with van der Waals surface area (Å²) in [6, 6.07) is 7.92. The Bertz CT molecular complexity index is 948. The second-order valence-electron chi connectivity index (χ2n) is 6.83. The lowest BCUT2D eigenvalue weighted by atomic mass is 10.2. The Balaban J connectivity index is 1.74. The van der Waals surface area contributed by atoms with Crippen molar-refractivity contribution < 1.29 is 23.8 Å². The summed E-state index contributed by atoms with van der Waals surface area (Å²) in [5, 5.41) is 2.79. The monoisotopic (exact) mass is 415 g/mol. The number of carbonyl (C=O) groups excluding carboxylic acids is 2. The Hall–Kier alpha value is -3.17. The van der Waals surface area contributed by atoms with Gasteiger partial charge in [0, 0.05) is 37.1 Å². The standard InChI is InChI=1S/C21H25N3O6/c1-28-19-13-24(17(11-18(19)25)12-23-7-9-30-10-8-23)14-20(26)22-16-5-3-15(4-6-16)21(27)29-2/h3-6,11,13H,7-10,12,14H2,1-2H3,(H,22,26). The maximum Gasteiger partial charge on any atom is 0.337 e. The van der Waals surface area contributed by atoms with Gasteiger partial charge in [0.15, 0.2) is 5.75 Å². The summed E-state index contributed by atoms with van der Waals surface area (Å²) in [5.74, 6) is -0.535. The highest BCUT2D eigenvalue weighted by atomic mass is 16.5. The van der Waals surface area contributed by atoms with Crippen LogP contribution in [0.4, 0.5) is 5.69 Å². The van der Waals surface area contributed by atoms with Crippen LogP contribution in [0.5, 0.6) is 5.75 Å². The zero-order chi connectivity index (χ0) is 21.5. The molecule has 1 saturated heterocycles. The molecule has 2 heterocycles. The quantitative estimate of drug-likeness (QED) is 0.677. The fourth-order valence-electron chi connectivity index (χ4n) is 3.18. The Morgan fingerprint density at radius 1 is 1.13 bits per heavy atom. The van der Waals surface area contributed by atoms with E-state index < -0.39 is 5.97 Å². The van der Waals surface area contributed by atoms with Crippen LogP contribution < -0.4 is 15.5 Å². The molecular formula is C21H25N3O6. The van der Waals surface area contributed by atoms with Crippen LogP contribution >= 0.6 is 0 Å². The first kappa shape index (κ1) is 21.5. The number of rotatable bonds is 7. The van der Waals surface area contributed by atoms with Gasteiger partial charge in [-0.15, -0.1) is 0 Å². The summed E-state index contributed by atoms with van der Waals surface area (Å²) in [4.78, 5) is 38.5. The number of benzene rings is 1. The van der Waals surface area contributed by atoms with Gasteiger partial charge in [0.2, 0.25) is 11.3 Å². The normalized spacial score (nSPS) is 14.2. The zero-order valence-electron chi connectivity index (χ0n) is 17.1. The predicted octanol–water partition coefficient (Wildman–Crippen LogP) is 1.11. The highest BCUT2D eigenvalue weighted by Gasteiger charge is 2.16. The number of amides is 1. The third kappa shape index (κ3) is 5.46. The molecule has 30 heavy (non-hydrogen) atoms. The lowest BCUT2D eigenvalue weighted by Gasteiger charge is -2.27. The zero-order valence-corrected chi connectivity index (χ0v) is 17.1. The molecule has 0 bridgehead atoms. The minimum absolute atomic E-state index is 0.00899. The van der Waals surface area contributed by atoms with E-state index in [0.29, 0.717) is 31.0 Å². The van der Waals surface area contributed by atoms with Crippen LogP contribution in [0.25, 0.3) is 0 Å². The molecule has 0 atom stereocenters. The van der Waals surface area contributed by atoms with E-state index in [-0.39, 0.29) is 23.6 Å². The number of nitrogens with one attached hydrogen (secondary N) is 1. The first-order valence-corrected chi connectivity index (χ1v) is 9.56. The molecule has 9 nitrogen and oxygen atoms in total. The van der Waals surface area contributed by atoms with Crippen molar-refractivity contribution in [3.63, 3.8) is 0 Å². The van der Waals surface area contributed by atoms with E-state index in [0.717, 1.165) is 18.8 Å². The molecule has 1 aliphatic rings. The average molecular weight is 415 g/mol. The molecule has 0 unspecified atom stereocenters. The molecule has 0 radical (unpaired) electrons. The molecule has 1 fully saturated rings. The molecule has 1 amide bonds. The van der Waals surface area contributed by atoms with Gasteiger partial charge >= 0.3 is 5.97 Å². The number of methoxy groups -OCH3 is 2. The van der Waals surface area contributed by atoms with Crippen molar-refractivity contribution in [1.82, 2.24) is 9.47 Å². The number of esters is 1. The van der Waals surface area contributed by atoms with Crippen LogP contribution in [0.3, 0.4) is 0 Å². The largest absolute Gasteiger partial charge is 0.491 e. The molecule has 9 heteroatoms. The van der Waals surface area contributed by atoms with Gasteiger partial charge in [0.25, 0.3) is 0 Å². The van der Waals surface area contributed by atoms with Gasteiger partial charge < -0.3 is 24.1 Å². The van der Waals surface area contributed by atoms with Gasteiger partial charge in [-0.3, -0.25) is 14.5 Å². The first-order valence-electron chi connectivity index (χ1n) is 9.56. The maximum atomic E-state index is 12.6. The molecule has 1 aromatic heterocycles. The van der Waals surface area contributed by atoms with Gasteiger partial charge in [0.1, 0.15) is 6.54 Å². The lowest BCUT2D eigenvalue weighted by Crippen LogP contribution is -2.37. The smallest absolute Gasteiger partial charge is 0.337 e. The van der Waals surface area contributed by atoms with Crippen LogP contribution in [-0.2, 0) is 27.4 Å². The molecule has 160 valence electrons. The fourth-order valence-corrected chi connectivity index (χ4v) is 3.18. The summed E-state index contributed by atoms with van der Waals surface area (Å²) in [5.41, 5.74) is 1.44. The molecule has 1 aromatic carbocycles. The fraction of sp³-hybridized carbons (Fsp3) is 0.381. The van der Waals surface area contributed by atoms with Crippen LogP contribution in [0.2, 0.25) is 0 Å². The van der Waals surface area contributed by atoms with Crippen LogP contribution in [0.15, 0.2) is 41.3 Å². The van der Waals surface area contributed by atoms with Gasteiger partial charge in [-0.1, -0.05) is 0 Å². The number of carbonyl (C=O) groups is 2. The molecule has 2 aromatic rings. The van der Waals surface area contributed by atoms with E-state index in [2.05, 4.69) is 15.0 Å². The molecular weight excluding hydrogens is 390 g/mol. The number of pyridine rings is 1. The first-order chi connectivity index (χ1) is 14.5. The van der Waals surface area contributed by atoms with Crippen molar-refractivity contribution >= 4 is 17.6 Å². The van der Waals surface area contributed by atoms with Crippen molar-refractivity contribution in [3.8, 4) is 5.75 Å². The number of aromatic nitrogens is 1. The minimum atomic E-state index is -0.444. The van der Waals surface area contributed by atoms with Crippen LogP contribution in [0, 0.1) is 0 Å². The molecule has 0 saturated carbocycles. The summed E-state index contributed by atoms with van der Waals surface area (Å²) in [7, 11) is 2.73. The lowest BCUT2D eigenvalue weighted by molar-refractivity contribution is -0.116. The predicted molar refractivity (Wildman–Crippen MR) is 110 cm³/mol. The summed E-state index contributed by atoms with van der Waals surface area (Å²) >= 11 is 0. The van der Waals surface area contributed by atoms with Crippen molar-refractivity contribution in [3.05, 3.63) is 58.0 Å². The van der Waals surface area contributed by atoms with Crippen LogP contribution in [-0.4, -0.2) is 61.9 Å². The van der Waals surface area contributed by atoms with Gasteiger partial charge in [0.05, 0.1) is 39.2 Å². The van der Waals surface area contributed by atoms with Gasteiger partial charge in [-0.2, -0.15) is 0 Å². The third-order valence-corrected chi connectivity index (χ3v) is 4.80. The number of nitrogens with zero attached hydrogens (tertiary/aromatic N) is 2. The Labute approximate surface area is 174 Å². The van der Waals surface area contributed by atoms with Crippen LogP contribution in [0.1, 0.15) is 16.1 Å². The minimum Gasteiger partial charge on any atom is -0.491 e. The Morgan fingerprint density at radius 2 is 1.83 bits per heavy atom. The van der Waals surface area contributed by atoms with Crippen molar-refractivity contribution in [2.75, 3.05) is 45.8 Å². The molecule has 0 spiro atoms. The van der Waals surface area contributed by atoms with E-state index in [9.17, 15) is 14.4 Å². The van der Waals surface area contributed by atoms with E-state index in [1.54, 1.807) is 35.0 Å². The second-order valence-corrected chi connectivity index (χ2v) is 6.83. The number of hydrogen-bond acceptors (Lipinski definition) is 7.